The number of nitrogens with zero attached hydrogens (tertiary/aromatic N) is 4. The van der Waals surface area contributed by atoms with E-state index in [2.05, 4.69) is 15.1 Å². The molecule has 6 nitrogen and oxygen atoms in total. The molecule has 0 bridgehead atoms. The van der Waals surface area contributed by atoms with E-state index in [9.17, 15) is 18.0 Å². The van der Waals surface area contributed by atoms with Crippen LogP contribution < -0.4 is 0 Å². The third-order valence-corrected chi connectivity index (χ3v) is 5.43. The summed E-state index contributed by atoms with van der Waals surface area (Å²) in [5.74, 6) is -4.22. The number of amides is 1. The Bertz CT molecular complexity index is 1290. The maximum absolute atomic E-state index is 13.7. The number of pyridine rings is 1. The summed E-state index contributed by atoms with van der Waals surface area (Å²) in [5, 5.41) is 5.19. The van der Waals surface area contributed by atoms with Gasteiger partial charge < -0.3 is 9.88 Å². The highest BCUT2D eigenvalue weighted by molar-refractivity contribution is 6.04. The molecule has 1 aromatic carbocycles. The van der Waals surface area contributed by atoms with Crippen LogP contribution in [0, 0.1) is 17.5 Å². The lowest BCUT2D eigenvalue weighted by atomic mass is 9.99. The van der Waals surface area contributed by atoms with Crippen molar-refractivity contribution in [2.24, 2.45) is 7.05 Å². The molecule has 4 aromatic rings. The molecule has 3 aromatic heterocycles. The number of halogens is 3. The number of hydrogen-bond donors (Lipinski definition) is 1. The maximum Gasteiger partial charge on any atom is 0.273 e. The summed E-state index contributed by atoms with van der Waals surface area (Å²) < 4.78 is 42.4. The van der Waals surface area contributed by atoms with E-state index in [0.717, 1.165) is 28.6 Å². The van der Waals surface area contributed by atoms with Crippen molar-refractivity contribution in [3.8, 4) is 11.3 Å². The fourth-order valence-electron chi connectivity index (χ4n) is 4.05. The highest BCUT2D eigenvalue weighted by Gasteiger charge is 2.29. The van der Waals surface area contributed by atoms with Crippen molar-refractivity contribution in [1.82, 2.24) is 24.6 Å². The number of rotatable bonds is 2. The lowest BCUT2D eigenvalue weighted by Gasteiger charge is -2.26. The first-order chi connectivity index (χ1) is 14.4. The lowest BCUT2D eigenvalue weighted by Crippen LogP contribution is -2.36. The smallest absolute Gasteiger partial charge is 0.273 e. The first-order valence-electron chi connectivity index (χ1n) is 9.35. The Kier molecular flexibility index (Phi) is 4.12. The van der Waals surface area contributed by atoms with E-state index in [-0.39, 0.29) is 18.0 Å². The largest absolute Gasteiger partial charge is 0.361 e. The van der Waals surface area contributed by atoms with Gasteiger partial charge in [0.25, 0.3) is 5.91 Å². The van der Waals surface area contributed by atoms with Crippen LogP contribution in [0.15, 0.2) is 36.7 Å². The summed E-state index contributed by atoms with van der Waals surface area (Å²) in [4.78, 5) is 22.1. The maximum atomic E-state index is 13.7. The van der Waals surface area contributed by atoms with Crippen molar-refractivity contribution in [2.45, 2.75) is 13.0 Å². The molecule has 1 aliphatic heterocycles. The molecule has 0 fully saturated rings. The predicted molar refractivity (Wildman–Crippen MR) is 103 cm³/mol. The fourth-order valence-corrected chi connectivity index (χ4v) is 4.05. The predicted octanol–water partition coefficient (Wildman–Crippen LogP) is 3.58. The second kappa shape index (κ2) is 6.72. The third-order valence-electron chi connectivity index (χ3n) is 5.43. The number of hydrogen-bond acceptors (Lipinski definition) is 3. The minimum absolute atomic E-state index is 0.209. The van der Waals surface area contributed by atoms with E-state index in [1.165, 1.54) is 4.68 Å². The Hall–Kier alpha value is -3.62. The summed E-state index contributed by atoms with van der Waals surface area (Å²) in [7, 11) is 1.65. The SMILES string of the molecule is Cn1nc2c(c1-c1cc(F)c(F)c(F)c1)CCN(C(=O)c1nccc3[nH]ccc13)C2. The first-order valence-corrected chi connectivity index (χ1v) is 9.35. The van der Waals surface area contributed by atoms with Crippen molar-refractivity contribution >= 4 is 16.8 Å². The monoisotopic (exact) mass is 411 g/mol. The molecule has 0 spiro atoms. The van der Waals surface area contributed by atoms with Gasteiger partial charge in [-0.1, -0.05) is 0 Å². The van der Waals surface area contributed by atoms with Crippen LogP contribution in [-0.4, -0.2) is 37.1 Å². The van der Waals surface area contributed by atoms with Crippen LogP contribution in [0.4, 0.5) is 13.2 Å². The zero-order valence-corrected chi connectivity index (χ0v) is 15.9. The molecule has 1 aliphatic rings. The Morgan fingerprint density at radius 1 is 1.17 bits per heavy atom. The first kappa shape index (κ1) is 18.4. The average Bonchev–Trinajstić information content (AvgIpc) is 3.33. The second-order valence-corrected chi connectivity index (χ2v) is 7.23. The standard InChI is InChI=1S/C21H16F3N5O/c1-28-20(11-8-14(22)18(24)15(23)9-11)13-4-7-29(10-17(13)27-28)21(30)19-12-2-5-25-16(12)3-6-26-19/h2-3,5-6,8-9,25H,4,7,10H2,1H3. The number of carbonyl (C=O) groups excluding carboxylic acids is 1. The van der Waals surface area contributed by atoms with Gasteiger partial charge in [-0.2, -0.15) is 5.10 Å². The van der Waals surface area contributed by atoms with E-state index in [1.807, 2.05) is 0 Å². The molecular weight excluding hydrogens is 395 g/mol. The summed E-state index contributed by atoms with van der Waals surface area (Å²) in [6.07, 6.45) is 3.79. The summed E-state index contributed by atoms with van der Waals surface area (Å²) in [5.41, 5.74) is 3.34. The minimum atomic E-state index is -1.50. The van der Waals surface area contributed by atoms with Crippen LogP contribution in [0.25, 0.3) is 22.2 Å². The van der Waals surface area contributed by atoms with Gasteiger partial charge in [-0.25, -0.2) is 13.2 Å². The van der Waals surface area contributed by atoms with E-state index in [0.29, 0.717) is 30.0 Å². The van der Waals surface area contributed by atoms with Crippen LogP contribution in [0.3, 0.4) is 0 Å². The lowest BCUT2D eigenvalue weighted by molar-refractivity contribution is 0.0728. The highest BCUT2D eigenvalue weighted by atomic mass is 19.2. The van der Waals surface area contributed by atoms with Gasteiger partial charge in [0.2, 0.25) is 0 Å². The zero-order valence-electron chi connectivity index (χ0n) is 15.9. The van der Waals surface area contributed by atoms with Crippen molar-refractivity contribution in [1.29, 1.82) is 0 Å². The summed E-state index contributed by atoms with van der Waals surface area (Å²) >= 11 is 0. The molecule has 4 heterocycles. The number of aryl methyl sites for hydroxylation is 1. The molecule has 0 saturated carbocycles. The van der Waals surface area contributed by atoms with Crippen molar-refractivity contribution in [2.75, 3.05) is 6.54 Å². The molecular formula is C21H16F3N5O. The van der Waals surface area contributed by atoms with E-state index in [1.54, 1.807) is 36.5 Å². The second-order valence-electron chi connectivity index (χ2n) is 7.23. The number of aromatic amines is 1. The Balaban J connectivity index is 1.49. The van der Waals surface area contributed by atoms with Gasteiger partial charge in [0.15, 0.2) is 17.5 Å². The number of fused-ring (bicyclic) bond motifs is 2. The normalized spacial score (nSPS) is 13.7. The van der Waals surface area contributed by atoms with Crippen LogP contribution in [0.5, 0.6) is 0 Å². The van der Waals surface area contributed by atoms with Gasteiger partial charge in [0.1, 0.15) is 5.69 Å². The third kappa shape index (κ3) is 2.77. The van der Waals surface area contributed by atoms with Crippen LogP contribution in [0.1, 0.15) is 21.7 Å². The Labute approximate surface area is 169 Å². The molecule has 0 aliphatic carbocycles. The molecule has 0 unspecified atom stereocenters. The molecule has 152 valence electrons. The summed E-state index contributed by atoms with van der Waals surface area (Å²) in [6.45, 7) is 0.649. The molecule has 0 saturated heterocycles. The molecule has 30 heavy (non-hydrogen) atoms. The number of benzene rings is 1. The van der Waals surface area contributed by atoms with Crippen molar-refractivity contribution in [3.05, 3.63) is 71.1 Å². The van der Waals surface area contributed by atoms with Gasteiger partial charge in [-0.15, -0.1) is 0 Å². The number of carbonyl (C=O) groups is 1. The minimum Gasteiger partial charge on any atom is -0.361 e. The fraction of sp³-hybridized carbons (Fsp3) is 0.190. The molecule has 9 heteroatoms. The van der Waals surface area contributed by atoms with Gasteiger partial charge in [0, 0.05) is 48.0 Å². The van der Waals surface area contributed by atoms with Gasteiger partial charge >= 0.3 is 0 Å². The quantitative estimate of drug-likeness (QED) is 0.513. The zero-order chi connectivity index (χ0) is 21.0. The van der Waals surface area contributed by atoms with Crippen LogP contribution in [0.2, 0.25) is 0 Å². The molecule has 1 amide bonds. The number of aromatic nitrogens is 4. The van der Waals surface area contributed by atoms with Crippen molar-refractivity contribution < 1.29 is 18.0 Å². The highest BCUT2D eigenvalue weighted by Crippen LogP contribution is 2.32. The Morgan fingerprint density at radius 3 is 2.70 bits per heavy atom. The van der Waals surface area contributed by atoms with E-state index < -0.39 is 17.5 Å². The van der Waals surface area contributed by atoms with Gasteiger partial charge in [-0.3, -0.25) is 14.5 Å². The average molecular weight is 411 g/mol. The summed E-state index contributed by atoms with van der Waals surface area (Å²) in [6, 6.07) is 5.53. The molecule has 1 N–H and O–H groups in total. The van der Waals surface area contributed by atoms with Crippen molar-refractivity contribution in [3.63, 3.8) is 0 Å². The van der Waals surface area contributed by atoms with Crippen LogP contribution >= 0.6 is 0 Å². The van der Waals surface area contributed by atoms with E-state index in [4.69, 9.17) is 0 Å². The Morgan fingerprint density at radius 2 is 1.93 bits per heavy atom. The topological polar surface area (TPSA) is 66.8 Å². The van der Waals surface area contributed by atoms with E-state index >= 15 is 0 Å². The number of nitrogens with one attached hydrogen (secondary N) is 1. The molecule has 5 rings (SSSR count). The number of H-pyrrole nitrogens is 1. The molecule has 0 radical (unpaired) electrons. The van der Waals surface area contributed by atoms with Gasteiger partial charge in [0.05, 0.1) is 17.9 Å². The molecule has 0 atom stereocenters. The van der Waals surface area contributed by atoms with Gasteiger partial charge in [-0.05, 0) is 30.7 Å². The van der Waals surface area contributed by atoms with Crippen LogP contribution in [-0.2, 0) is 20.0 Å².